The summed E-state index contributed by atoms with van der Waals surface area (Å²) in [5.41, 5.74) is 3.85. The van der Waals surface area contributed by atoms with Gasteiger partial charge < -0.3 is 14.0 Å². The first-order valence-electron chi connectivity index (χ1n) is 12.8. The highest BCUT2D eigenvalue weighted by Gasteiger charge is 2.19. The lowest BCUT2D eigenvalue weighted by molar-refractivity contribution is 0.486. The minimum atomic E-state index is -3.87. The predicted molar refractivity (Wildman–Crippen MR) is 146 cm³/mol. The van der Waals surface area contributed by atoms with E-state index in [1.807, 2.05) is 6.07 Å². The van der Waals surface area contributed by atoms with Gasteiger partial charge in [0.15, 0.2) is 5.82 Å². The van der Waals surface area contributed by atoms with Crippen molar-refractivity contribution < 1.29 is 12.6 Å². The average Bonchev–Trinajstić information content (AvgIpc) is 2.95. The molecule has 3 aromatic rings. The number of hydrazone groups is 1. The van der Waals surface area contributed by atoms with Crippen molar-refractivity contribution in [1.29, 1.82) is 0 Å². The van der Waals surface area contributed by atoms with E-state index in [4.69, 9.17) is 14.2 Å². The summed E-state index contributed by atoms with van der Waals surface area (Å²) in [7, 11) is -3.87. The van der Waals surface area contributed by atoms with Crippen LogP contribution in [0.3, 0.4) is 0 Å². The highest BCUT2D eigenvalue weighted by molar-refractivity contribution is 7.87. The fraction of sp³-hybridized carbons (Fsp3) is 0.370. The molecule has 2 aromatic carbocycles. The van der Waals surface area contributed by atoms with E-state index in [-0.39, 0.29) is 10.6 Å². The van der Waals surface area contributed by atoms with Crippen molar-refractivity contribution in [3.63, 3.8) is 0 Å². The Morgan fingerprint density at radius 2 is 1.46 bits per heavy atom. The molecule has 9 nitrogen and oxygen atoms in total. The third-order valence-corrected chi connectivity index (χ3v) is 7.79. The summed E-state index contributed by atoms with van der Waals surface area (Å²) in [6.07, 6.45) is 8.85. The topological polar surface area (TPSA) is 100 Å². The number of benzene rings is 2. The summed E-state index contributed by atoms with van der Waals surface area (Å²) in [5.74, 6) is 2.58. The number of nitrogens with one attached hydrogen (secondary N) is 1. The molecular weight excluding hydrogens is 488 g/mol. The Hall–Kier alpha value is -3.66. The van der Waals surface area contributed by atoms with Crippen LogP contribution in [-0.4, -0.2) is 50.8 Å². The zero-order valence-corrected chi connectivity index (χ0v) is 21.6. The Bertz CT molecular complexity index is 1270. The first-order chi connectivity index (χ1) is 18.1. The number of hydrogen-bond donors (Lipinski definition) is 1. The molecule has 1 N–H and O–H groups in total. The zero-order chi connectivity index (χ0) is 25.5. The number of rotatable bonds is 8. The van der Waals surface area contributed by atoms with Crippen LogP contribution < -0.4 is 19.4 Å². The van der Waals surface area contributed by atoms with Crippen molar-refractivity contribution in [1.82, 2.24) is 9.97 Å². The molecule has 0 unspecified atom stereocenters. The van der Waals surface area contributed by atoms with Crippen LogP contribution in [0.25, 0.3) is 0 Å². The third-order valence-electron chi connectivity index (χ3n) is 6.53. The van der Waals surface area contributed by atoms with Crippen molar-refractivity contribution in [2.24, 2.45) is 5.10 Å². The van der Waals surface area contributed by atoms with Gasteiger partial charge >= 0.3 is 10.1 Å². The zero-order valence-electron chi connectivity index (χ0n) is 20.8. The van der Waals surface area contributed by atoms with Crippen LogP contribution in [0.4, 0.5) is 17.6 Å². The van der Waals surface area contributed by atoms with E-state index in [9.17, 15) is 8.42 Å². The fourth-order valence-electron chi connectivity index (χ4n) is 4.54. The molecular formula is C27H32N6O3S. The maximum absolute atomic E-state index is 12.4. The SMILES string of the molecule is O=S(=O)(Oc1ccc(C=NNc2cc(N3CCCCC3)nc(N3CCCCC3)n2)cc1)c1ccccc1. The third kappa shape index (κ3) is 6.56. The van der Waals surface area contributed by atoms with Crippen molar-refractivity contribution in [2.45, 2.75) is 43.4 Å². The molecule has 0 saturated carbocycles. The molecule has 1 aromatic heterocycles. The summed E-state index contributed by atoms with van der Waals surface area (Å²) in [6.45, 7) is 3.96. The second kappa shape index (κ2) is 11.6. The van der Waals surface area contributed by atoms with Gasteiger partial charge in [0.05, 0.1) is 6.21 Å². The molecule has 0 bridgehead atoms. The van der Waals surface area contributed by atoms with Gasteiger partial charge in [-0.15, -0.1) is 0 Å². The van der Waals surface area contributed by atoms with E-state index < -0.39 is 10.1 Å². The van der Waals surface area contributed by atoms with E-state index in [1.54, 1.807) is 48.7 Å². The summed E-state index contributed by atoms with van der Waals surface area (Å²) < 4.78 is 30.1. The molecule has 2 aliphatic heterocycles. The van der Waals surface area contributed by atoms with E-state index in [1.165, 1.54) is 37.8 Å². The van der Waals surface area contributed by atoms with Crippen molar-refractivity contribution in [2.75, 3.05) is 41.4 Å². The average molecular weight is 521 g/mol. The Morgan fingerprint density at radius 1 is 0.811 bits per heavy atom. The molecule has 0 aliphatic carbocycles. The lowest BCUT2D eigenvalue weighted by Crippen LogP contribution is -2.33. The quantitative estimate of drug-likeness (QED) is 0.260. The highest BCUT2D eigenvalue weighted by atomic mass is 32.2. The van der Waals surface area contributed by atoms with Gasteiger partial charge in [-0.1, -0.05) is 18.2 Å². The number of nitrogens with zero attached hydrogens (tertiary/aromatic N) is 5. The van der Waals surface area contributed by atoms with E-state index >= 15 is 0 Å². The maximum Gasteiger partial charge on any atom is 0.339 e. The lowest BCUT2D eigenvalue weighted by atomic mass is 10.1. The maximum atomic E-state index is 12.4. The smallest absolute Gasteiger partial charge is 0.339 e. The minimum Gasteiger partial charge on any atom is -0.379 e. The molecule has 0 radical (unpaired) electrons. The Morgan fingerprint density at radius 3 is 2.14 bits per heavy atom. The molecule has 0 amide bonds. The molecule has 37 heavy (non-hydrogen) atoms. The summed E-state index contributed by atoms with van der Waals surface area (Å²) in [4.78, 5) is 14.3. The lowest BCUT2D eigenvalue weighted by Gasteiger charge is -2.31. The van der Waals surface area contributed by atoms with Crippen molar-refractivity contribution in [3.05, 3.63) is 66.2 Å². The monoisotopic (exact) mass is 520 g/mol. The van der Waals surface area contributed by atoms with Crippen LogP contribution >= 0.6 is 0 Å². The Balaban J connectivity index is 1.27. The molecule has 3 heterocycles. The summed E-state index contributed by atoms with van der Waals surface area (Å²) in [6, 6.07) is 16.7. The van der Waals surface area contributed by atoms with Crippen LogP contribution in [-0.2, 0) is 10.1 Å². The number of anilines is 3. The Labute approximate surface area is 218 Å². The number of hydrogen-bond acceptors (Lipinski definition) is 9. The predicted octanol–water partition coefficient (Wildman–Crippen LogP) is 4.67. The molecule has 0 atom stereocenters. The number of aromatic nitrogens is 2. The van der Waals surface area contributed by atoms with Crippen LogP contribution in [0.5, 0.6) is 5.75 Å². The van der Waals surface area contributed by atoms with Gasteiger partial charge in [0.25, 0.3) is 0 Å². The second-order valence-electron chi connectivity index (χ2n) is 9.30. The van der Waals surface area contributed by atoms with Crippen molar-refractivity contribution >= 4 is 33.9 Å². The largest absolute Gasteiger partial charge is 0.379 e. The van der Waals surface area contributed by atoms with E-state index in [2.05, 4.69) is 20.3 Å². The van der Waals surface area contributed by atoms with E-state index in [0.29, 0.717) is 5.82 Å². The van der Waals surface area contributed by atoms with Gasteiger partial charge in [-0.2, -0.15) is 23.5 Å². The summed E-state index contributed by atoms with van der Waals surface area (Å²) >= 11 is 0. The molecule has 10 heteroatoms. The molecule has 2 fully saturated rings. The molecule has 5 rings (SSSR count). The van der Waals surface area contributed by atoms with Gasteiger partial charge in [-0.3, -0.25) is 5.43 Å². The first kappa shape index (κ1) is 25.0. The molecule has 0 spiro atoms. The van der Waals surface area contributed by atoms with Crippen molar-refractivity contribution in [3.8, 4) is 5.75 Å². The van der Waals surface area contributed by atoms with E-state index in [0.717, 1.165) is 56.4 Å². The van der Waals surface area contributed by atoms with Crippen LogP contribution in [0.15, 0.2) is 70.7 Å². The van der Waals surface area contributed by atoms with Gasteiger partial charge in [0.1, 0.15) is 16.5 Å². The standard InChI is InChI=1S/C27H32N6O3S/c34-37(35,24-10-4-1-5-11-24)36-23-14-12-22(13-15-23)21-28-31-25-20-26(32-16-6-2-7-17-32)30-27(29-25)33-18-8-3-9-19-33/h1,4-5,10-15,20-21H,2-3,6-9,16-19H2,(H,29,30,31). The van der Waals surface area contributed by atoms with Crippen LogP contribution in [0.2, 0.25) is 0 Å². The van der Waals surface area contributed by atoms with Crippen LogP contribution in [0.1, 0.15) is 44.1 Å². The van der Waals surface area contributed by atoms with Gasteiger partial charge in [-0.25, -0.2) is 0 Å². The fourth-order valence-corrected chi connectivity index (χ4v) is 5.50. The molecule has 2 saturated heterocycles. The second-order valence-corrected chi connectivity index (χ2v) is 10.8. The van der Waals surface area contributed by atoms with Gasteiger partial charge in [-0.05, 0) is 80.5 Å². The number of piperidine rings is 2. The minimum absolute atomic E-state index is 0.113. The summed E-state index contributed by atoms with van der Waals surface area (Å²) in [5, 5.41) is 4.37. The Kier molecular flexibility index (Phi) is 7.84. The van der Waals surface area contributed by atoms with Gasteiger partial charge in [0.2, 0.25) is 5.95 Å². The normalized spacial score (nSPS) is 16.6. The molecule has 2 aliphatic rings. The highest BCUT2D eigenvalue weighted by Crippen LogP contribution is 2.25. The van der Waals surface area contributed by atoms with Gasteiger partial charge in [0, 0.05) is 32.2 Å². The van der Waals surface area contributed by atoms with Crippen LogP contribution in [0, 0.1) is 0 Å². The molecule has 194 valence electrons. The first-order valence-corrected chi connectivity index (χ1v) is 14.3.